The summed E-state index contributed by atoms with van der Waals surface area (Å²) in [5.74, 6) is 2.35. The molecule has 162 valence electrons. The molecule has 0 atom stereocenters. The van der Waals surface area contributed by atoms with E-state index in [1.807, 2.05) is 12.1 Å². The number of ether oxygens (including phenoxy) is 3. The van der Waals surface area contributed by atoms with Gasteiger partial charge in [-0.15, -0.1) is 6.58 Å². The van der Waals surface area contributed by atoms with Crippen molar-refractivity contribution in [2.75, 3.05) is 13.7 Å². The fourth-order valence-electron chi connectivity index (χ4n) is 4.77. The Balaban J connectivity index is 1.92. The van der Waals surface area contributed by atoms with Gasteiger partial charge in [0.05, 0.1) is 7.11 Å². The van der Waals surface area contributed by atoms with Crippen LogP contribution < -0.4 is 9.47 Å². The summed E-state index contributed by atoms with van der Waals surface area (Å²) < 4.78 is 17.7. The van der Waals surface area contributed by atoms with E-state index in [-0.39, 0.29) is 11.6 Å². The molecule has 0 radical (unpaired) electrons. The Kier molecular flexibility index (Phi) is 6.12. The molecule has 1 aliphatic heterocycles. The maximum atomic E-state index is 13.0. The van der Waals surface area contributed by atoms with Crippen molar-refractivity contribution < 1.29 is 23.8 Å². The van der Waals surface area contributed by atoms with Crippen LogP contribution in [-0.2, 0) is 20.7 Å². The molecule has 5 heteroatoms. The smallest absolute Gasteiger partial charge is 0.165 e. The first-order valence-corrected chi connectivity index (χ1v) is 10.8. The second-order valence-corrected chi connectivity index (χ2v) is 8.07. The quantitative estimate of drug-likeness (QED) is 0.573. The molecular weight excluding hydrogens is 392 g/mol. The summed E-state index contributed by atoms with van der Waals surface area (Å²) in [5, 5.41) is 0. The van der Waals surface area contributed by atoms with Crippen molar-refractivity contribution in [2.24, 2.45) is 0 Å². The monoisotopic (exact) mass is 420 g/mol. The second-order valence-electron chi connectivity index (χ2n) is 8.07. The molecule has 5 nitrogen and oxygen atoms in total. The summed E-state index contributed by atoms with van der Waals surface area (Å²) in [5.41, 5.74) is 3.01. The Labute approximate surface area is 183 Å². The van der Waals surface area contributed by atoms with Crippen LogP contribution in [0.25, 0.3) is 0 Å². The van der Waals surface area contributed by atoms with E-state index in [0.29, 0.717) is 48.5 Å². The van der Waals surface area contributed by atoms with E-state index in [1.54, 1.807) is 19.3 Å². The van der Waals surface area contributed by atoms with Crippen molar-refractivity contribution in [2.45, 2.75) is 50.9 Å². The lowest BCUT2D eigenvalue weighted by molar-refractivity contribution is -0.117. The van der Waals surface area contributed by atoms with Gasteiger partial charge in [0.15, 0.2) is 23.1 Å². The lowest BCUT2D eigenvalue weighted by Gasteiger charge is -2.36. The third-order valence-corrected chi connectivity index (χ3v) is 6.06. The molecular formula is C26H28O5. The number of rotatable bonds is 7. The van der Waals surface area contributed by atoms with Crippen LogP contribution in [0.3, 0.4) is 0 Å². The van der Waals surface area contributed by atoms with Gasteiger partial charge in [0, 0.05) is 48.3 Å². The Morgan fingerprint density at radius 1 is 1.00 bits per heavy atom. The third-order valence-electron chi connectivity index (χ3n) is 6.06. The molecule has 0 N–H and O–H groups in total. The van der Waals surface area contributed by atoms with Gasteiger partial charge in [0.2, 0.25) is 0 Å². The number of methoxy groups -OCH3 is 1. The predicted octanol–water partition coefficient (Wildman–Crippen LogP) is 5.12. The van der Waals surface area contributed by atoms with Crippen LogP contribution in [0, 0.1) is 0 Å². The topological polar surface area (TPSA) is 61.8 Å². The lowest BCUT2D eigenvalue weighted by Crippen LogP contribution is -2.30. The number of hydrogen-bond donors (Lipinski definition) is 0. The normalized spacial score (nSPS) is 18.9. The molecule has 4 rings (SSSR count). The molecule has 1 aromatic carbocycles. The molecule has 1 aromatic rings. The van der Waals surface area contributed by atoms with E-state index >= 15 is 0 Å². The van der Waals surface area contributed by atoms with Crippen molar-refractivity contribution >= 4 is 11.6 Å². The van der Waals surface area contributed by atoms with Crippen LogP contribution in [0.5, 0.6) is 11.5 Å². The predicted molar refractivity (Wildman–Crippen MR) is 118 cm³/mol. The van der Waals surface area contributed by atoms with E-state index in [2.05, 4.69) is 13.2 Å². The van der Waals surface area contributed by atoms with E-state index < -0.39 is 5.92 Å². The van der Waals surface area contributed by atoms with Gasteiger partial charge in [0.25, 0.3) is 0 Å². The summed E-state index contributed by atoms with van der Waals surface area (Å²) in [4.78, 5) is 26.0. The first-order valence-electron chi connectivity index (χ1n) is 10.8. The zero-order valence-electron chi connectivity index (χ0n) is 18.0. The average molecular weight is 421 g/mol. The van der Waals surface area contributed by atoms with Gasteiger partial charge in [-0.3, -0.25) is 9.59 Å². The SMILES string of the molecule is C=CCOc1c(CC=C)cc(C2C3=C(CCCC3=O)OC3=C2C(=O)CCC3)cc1OC. The van der Waals surface area contributed by atoms with Crippen molar-refractivity contribution in [3.05, 3.63) is 71.2 Å². The van der Waals surface area contributed by atoms with Crippen molar-refractivity contribution in [1.29, 1.82) is 0 Å². The van der Waals surface area contributed by atoms with Crippen molar-refractivity contribution in [1.82, 2.24) is 0 Å². The van der Waals surface area contributed by atoms with Crippen LogP contribution in [0.2, 0.25) is 0 Å². The highest BCUT2D eigenvalue weighted by Gasteiger charge is 2.42. The molecule has 3 aliphatic rings. The maximum Gasteiger partial charge on any atom is 0.165 e. The molecule has 0 saturated heterocycles. The highest BCUT2D eigenvalue weighted by Crippen LogP contribution is 2.49. The zero-order chi connectivity index (χ0) is 22.0. The maximum absolute atomic E-state index is 13.0. The molecule has 0 amide bonds. The van der Waals surface area contributed by atoms with Gasteiger partial charge < -0.3 is 14.2 Å². The van der Waals surface area contributed by atoms with Crippen LogP contribution >= 0.6 is 0 Å². The third kappa shape index (κ3) is 3.85. The van der Waals surface area contributed by atoms with E-state index in [0.717, 1.165) is 48.3 Å². The van der Waals surface area contributed by atoms with Crippen LogP contribution in [0.15, 0.2) is 60.1 Å². The average Bonchev–Trinajstić information content (AvgIpc) is 2.77. The van der Waals surface area contributed by atoms with Gasteiger partial charge in [-0.2, -0.15) is 0 Å². The van der Waals surface area contributed by atoms with Gasteiger partial charge >= 0.3 is 0 Å². The first kappa shape index (κ1) is 21.2. The molecule has 31 heavy (non-hydrogen) atoms. The number of Topliss-reactive ketones (excluding diaryl/α,β-unsaturated/α-hetero) is 2. The van der Waals surface area contributed by atoms with Gasteiger partial charge in [0.1, 0.15) is 18.1 Å². The molecule has 0 spiro atoms. The van der Waals surface area contributed by atoms with Crippen molar-refractivity contribution in [3.63, 3.8) is 0 Å². The van der Waals surface area contributed by atoms with E-state index in [1.165, 1.54) is 0 Å². The highest BCUT2D eigenvalue weighted by atomic mass is 16.5. The molecule has 0 fully saturated rings. The fraction of sp³-hybridized carbons (Fsp3) is 0.385. The van der Waals surface area contributed by atoms with Gasteiger partial charge in [-0.1, -0.05) is 24.8 Å². The summed E-state index contributed by atoms with van der Waals surface area (Å²) in [6, 6.07) is 3.90. The number of ketones is 2. The second kappa shape index (κ2) is 8.96. The first-order chi connectivity index (χ1) is 15.1. The van der Waals surface area contributed by atoms with E-state index in [9.17, 15) is 9.59 Å². The molecule has 1 heterocycles. The number of carbonyl (C=O) groups is 2. The number of benzene rings is 1. The van der Waals surface area contributed by atoms with Crippen LogP contribution in [-0.4, -0.2) is 25.3 Å². The fourth-order valence-corrected chi connectivity index (χ4v) is 4.77. The van der Waals surface area contributed by atoms with Gasteiger partial charge in [-0.05, 0) is 30.9 Å². The Hall–Kier alpha value is -3.08. The number of allylic oxidation sites excluding steroid dienone is 5. The molecule has 2 aliphatic carbocycles. The molecule has 0 unspecified atom stereocenters. The standard InChI is InChI=1S/C26H28O5/c1-4-8-16-14-17(15-22(29-3)26(16)30-13-5-2)23-24-18(27)9-6-11-20(24)31-21-12-7-10-19(28)25(21)23/h4-5,14-15,23H,1-2,6-13H2,3H3. The minimum atomic E-state index is -0.426. The minimum Gasteiger partial charge on any atom is -0.493 e. The summed E-state index contributed by atoms with van der Waals surface area (Å²) in [7, 11) is 1.59. The number of hydrogen-bond acceptors (Lipinski definition) is 5. The molecule has 0 saturated carbocycles. The van der Waals surface area contributed by atoms with Gasteiger partial charge in [-0.25, -0.2) is 0 Å². The zero-order valence-corrected chi connectivity index (χ0v) is 18.0. The summed E-state index contributed by atoms with van der Waals surface area (Å²) in [6.45, 7) is 7.93. The molecule has 0 bridgehead atoms. The molecule has 0 aromatic heterocycles. The van der Waals surface area contributed by atoms with E-state index in [4.69, 9.17) is 14.2 Å². The Morgan fingerprint density at radius 3 is 2.19 bits per heavy atom. The summed E-state index contributed by atoms with van der Waals surface area (Å²) in [6.07, 6.45) is 8.01. The Bertz CT molecular complexity index is 969. The lowest BCUT2D eigenvalue weighted by atomic mass is 9.73. The number of carbonyl (C=O) groups excluding carboxylic acids is 2. The summed E-state index contributed by atoms with van der Waals surface area (Å²) >= 11 is 0. The minimum absolute atomic E-state index is 0.0624. The highest BCUT2D eigenvalue weighted by molar-refractivity contribution is 6.05. The Morgan fingerprint density at radius 2 is 1.65 bits per heavy atom. The van der Waals surface area contributed by atoms with Crippen LogP contribution in [0.4, 0.5) is 0 Å². The van der Waals surface area contributed by atoms with Crippen molar-refractivity contribution in [3.8, 4) is 11.5 Å². The van der Waals surface area contributed by atoms with Crippen LogP contribution in [0.1, 0.15) is 55.6 Å². The largest absolute Gasteiger partial charge is 0.493 e.